The molecule has 0 aromatic rings. The van der Waals surface area contributed by atoms with E-state index < -0.39 is 66.6 Å². The molecule has 1 amide bonds. The molecule has 3 heterocycles. The standard InChI is InChI=1S/C22H39NO10/c1-12-7-6-8-22(29-5,33-12)17(26)19(27)23-20-16-15(30-11-31-20)18(28-4)21(2,3)14(32-16)9-13(25)10-24/h12-18,20,24-26H,6-11H2,1-5H3,(H,23,27). The van der Waals surface area contributed by atoms with Gasteiger partial charge < -0.3 is 49.1 Å². The first-order valence-electron chi connectivity index (χ1n) is 11.5. The van der Waals surface area contributed by atoms with Crippen molar-refractivity contribution in [2.75, 3.05) is 27.6 Å². The normalized spacial score (nSPS) is 40.5. The Labute approximate surface area is 194 Å². The Morgan fingerprint density at radius 2 is 1.94 bits per heavy atom. The van der Waals surface area contributed by atoms with Gasteiger partial charge >= 0.3 is 0 Å². The SMILES string of the molecule is COC1C2OCOC(NC(=O)C(O)C3(OC)CCCC(C)O3)C2OC(CC(O)CO)C1(C)C. The van der Waals surface area contributed by atoms with E-state index in [1.807, 2.05) is 20.8 Å². The molecule has 0 saturated carbocycles. The van der Waals surface area contributed by atoms with Gasteiger partial charge in [-0.3, -0.25) is 4.79 Å². The van der Waals surface area contributed by atoms with Crippen LogP contribution < -0.4 is 5.32 Å². The van der Waals surface area contributed by atoms with Gasteiger partial charge in [-0.15, -0.1) is 0 Å². The predicted octanol–water partition coefficient (Wildman–Crippen LogP) is -0.354. The highest BCUT2D eigenvalue weighted by atomic mass is 16.7. The molecule has 3 rings (SSSR count). The van der Waals surface area contributed by atoms with Gasteiger partial charge in [0.2, 0.25) is 5.79 Å². The van der Waals surface area contributed by atoms with Gasteiger partial charge in [0, 0.05) is 32.5 Å². The highest BCUT2D eigenvalue weighted by Gasteiger charge is 2.56. The minimum Gasteiger partial charge on any atom is -0.394 e. The minimum atomic E-state index is -1.58. The van der Waals surface area contributed by atoms with Crippen LogP contribution in [0.5, 0.6) is 0 Å². The Kier molecular flexibility index (Phi) is 8.74. The zero-order valence-electron chi connectivity index (χ0n) is 20.1. The van der Waals surface area contributed by atoms with Gasteiger partial charge in [0.25, 0.3) is 5.91 Å². The van der Waals surface area contributed by atoms with E-state index in [1.54, 1.807) is 7.11 Å². The quantitative estimate of drug-likeness (QED) is 0.366. The van der Waals surface area contributed by atoms with Gasteiger partial charge in [0.1, 0.15) is 19.0 Å². The molecule has 3 aliphatic heterocycles. The van der Waals surface area contributed by atoms with Crippen molar-refractivity contribution in [1.82, 2.24) is 5.32 Å². The van der Waals surface area contributed by atoms with Crippen molar-refractivity contribution in [1.29, 1.82) is 0 Å². The van der Waals surface area contributed by atoms with Crippen LogP contribution in [-0.2, 0) is 33.2 Å². The number of carbonyl (C=O) groups is 1. The molecule has 11 nitrogen and oxygen atoms in total. The fourth-order valence-corrected chi connectivity index (χ4v) is 5.15. The maximum atomic E-state index is 13.0. The van der Waals surface area contributed by atoms with Gasteiger partial charge in [0.05, 0.1) is 31.0 Å². The highest BCUT2D eigenvalue weighted by Crippen LogP contribution is 2.43. The molecule has 0 aromatic carbocycles. The fourth-order valence-electron chi connectivity index (χ4n) is 5.15. The van der Waals surface area contributed by atoms with E-state index in [-0.39, 0.29) is 19.3 Å². The first kappa shape index (κ1) is 26.7. The Morgan fingerprint density at radius 1 is 1.21 bits per heavy atom. The van der Waals surface area contributed by atoms with Crippen molar-refractivity contribution in [3.05, 3.63) is 0 Å². The summed E-state index contributed by atoms with van der Waals surface area (Å²) in [7, 11) is 2.97. The second kappa shape index (κ2) is 10.8. The number of fused-ring (bicyclic) bond motifs is 1. The van der Waals surface area contributed by atoms with E-state index in [4.69, 9.17) is 28.4 Å². The maximum Gasteiger partial charge on any atom is 0.256 e. The number of rotatable bonds is 8. The lowest BCUT2D eigenvalue weighted by Gasteiger charge is -2.54. The number of hydrogen-bond donors (Lipinski definition) is 4. The van der Waals surface area contributed by atoms with Crippen LogP contribution >= 0.6 is 0 Å². The summed E-state index contributed by atoms with van der Waals surface area (Å²) < 4.78 is 34.8. The monoisotopic (exact) mass is 477 g/mol. The third kappa shape index (κ3) is 5.36. The molecule has 0 bridgehead atoms. The van der Waals surface area contributed by atoms with E-state index in [2.05, 4.69) is 5.32 Å². The largest absolute Gasteiger partial charge is 0.394 e. The second-order valence-corrected chi connectivity index (χ2v) is 9.72. The molecular weight excluding hydrogens is 438 g/mol. The fraction of sp³-hybridized carbons (Fsp3) is 0.955. The number of amides is 1. The summed E-state index contributed by atoms with van der Waals surface area (Å²) in [5.41, 5.74) is -0.566. The van der Waals surface area contributed by atoms with E-state index in [1.165, 1.54) is 7.11 Å². The summed E-state index contributed by atoms with van der Waals surface area (Å²) in [5.74, 6) is -2.16. The average molecular weight is 478 g/mol. The lowest BCUT2D eigenvalue weighted by atomic mass is 9.72. The number of ether oxygens (including phenoxy) is 6. The van der Waals surface area contributed by atoms with Crippen LogP contribution in [0.15, 0.2) is 0 Å². The van der Waals surface area contributed by atoms with Crippen molar-refractivity contribution in [3.63, 3.8) is 0 Å². The highest BCUT2D eigenvalue weighted by molar-refractivity contribution is 5.81. The van der Waals surface area contributed by atoms with Crippen LogP contribution in [0.1, 0.15) is 46.5 Å². The van der Waals surface area contributed by atoms with E-state index in [0.29, 0.717) is 6.42 Å². The van der Waals surface area contributed by atoms with Gasteiger partial charge in [0.15, 0.2) is 12.3 Å². The van der Waals surface area contributed by atoms with Crippen LogP contribution in [-0.4, -0.2) is 104 Å². The first-order valence-corrected chi connectivity index (χ1v) is 11.5. The molecular formula is C22H39NO10. The Balaban J connectivity index is 1.77. The number of nitrogens with one attached hydrogen (secondary N) is 1. The van der Waals surface area contributed by atoms with Crippen molar-refractivity contribution in [2.45, 2.75) is 101 Å². The van der Waals surface area contributed by atoms with Gasteiger partial charge in [-0.1, -0.05) is 13.8 Å². The molecule has 3 saturated heterocycles. The van der Waals surface area contributed by atoms with E-state index in [9.17, 15) is 20.1 Å². The molecule has 9 unspecified atom stereocenters. The van der Waals surface area contributed by atoms with Crippen molar-refractivity contribution < 1.29 is 48.5 Å². The molecule has 9 atom stereocenters. The summed E-state index contributed by atoms with van der Waals surface area (Å²) in [6, 6.07) is 0. The van der Waals surface area contributed by atoms with Crippen molar-refractivity contribution in [3.8, 4) is 0 Å². The minimum absolute atomic E-state index is 0.103. The lowest BCUT2D eigenvalue weighted by molar-refractivity contribution is -0.333. The molecule has 3 aliphatic rings. The van der Waals surface area contributed by atoms with Crippen LogP contribution in [0.25, 0.3) is 0 Å². The summed E-state index contributed by atoms with van der Waals surface area (Å²) >= 11 is 0. The molecule has 0 aromatic heterocycles. The van der Waals surface area contributed by atoms with E-state index >= 15 is 0 Å². The molecule has 11 heteroatoms. The summed E-state index contributed by atoms with van der Waals surface area (Å²) in [4.78, 5) is 13.0. The average Bonchev–Trinajstić information content (AvgIpc) is 2.79. The van der Waals surface area contributed by atoms with Gasteiger partial charge in [-0.2, -0.15) is 0 Å². The number of carbonyl (C=O) groups excluding carboxylic acids is 1. The Morgan fingerprint density at radius 3 is 2.55 bits per heavy atom. The molecule has 0 radical (unpaired) electrons. The molecule has 192 valence electrons. The predicted molar refractivity (Wildman–Crippen MR) is 114 cm³/mol. The van der Waals surface area contributed by atoms with Crippen LogP contribution in [0.4, 0.5) is 0 Å². The first-order chi connectivity index (χ1) is 15.6. The summed E-state index contributed by atoms with van der Waals surface area (Å²) in [6.45, 7) is 5.23. The van der Waals surface area contributed by atoms with Gasteiger partial charge in [-0.25, -0.2) is 0 Å². The zero-order valence-corrected chi connectivity index (χ0v) is 20.1. The Hall–Kier alpha value is -0.890. The number of aliphatic hydroxyl groups is 3. The zero-order chi connectivity index (χ0) is 24.4. The maximum absolute atomic E-state index is 13.0. The van der Waals surface area contributed by atoms with Crippen LogP contribution in [0, 0.1) is 5.41 Å². The molecule has 0 spiro atoms. The third-order valence-corrected chi connectivity index (χ3v) is 7.10. The number of methoxy groups -OCH3 is 2. The topological polar surface area (TPSA) is 145 Å². The molecule has 33 heavy (non-hydrogen) atoms. The smallest absolute Gasteiger partial charge is 0.256 e. The van der Waals surface area contributed by atoms with Gasteiger partial charge in [-0.05, 0) is 19.8 Å². The molecule has 3 fully saturated rings. The summed E-state index contributed by atoms with van der Waals surface area (Å²) in [6.07, 6.45) is -3.85. The van der Waals surface area contributed by atoms with E-state index in [0.717, 1.165) is 12.8 Å². The lowest BCUT2D eigenvalue weighted by Crippen LogP contribution is -2.69. The molecule has 4 N–H and O–H groups in total. The van der Waals surface area contributed by atoms with Crippen molar-refractivity contribution >= 4 is 5.91 Å². The third-order valence-electron chi connectivity index (χ3n) is 7.10. The molecule has 0 aliphatic carbocycles. The summed E-state index contributed by atoms with van der Waals surface area (Å²) in [5, 5.41) is 32.9. The van der Waals surface area contributed by atoms with Crippen LogP contribution in [0.3, 0.4) is 0 Å². The van der Waals surface area contributed by atoms with Crippen LogP contribution in [0.2, 0.25) is 0 Å². The second-order valence-electron chi connectivity index (χ2n) is 9.72. The Bertz CT molecular complexity index is 663. The number of aliphatic hydroxyl groups excluding tert-OH is 3. The van der Waals surface area contributed by atoms with Crippen molar-refractivity contribution in [2.24, 2.45) is 5.41 Å². The number of hydrogen-bond acceptors (Lipinski definition) is 10.